The molecule has 19 heteroatoms. The van der Waals surface area contributed by atoms with E-state index >= 15 is 0 Å². The van der Waals surface area contributed by atoms with Crippen molar-refractivity contribution in [1.82, 2.24) is 0 Å². The predicted molar refractivity (Wildman–Crippen MR) is 48.3 cm³/mol. The lowest BCUT2D eigenvalue weighted by atomic mass is 10.1. The maximum absolute atomic E-state index is 13.1. The second-order valence-electron chi connectivity index (χ2n) is 5.90. The SMILES string of the molecule is FC(F)(OC(F)(F)C(F)(F)C1(F)C(F)(F)C1(F)F)C(F)(F)C1(F)C(F)(F)C1(F)F. The smallest absolute Gasteiger partial charge is 0.245 e. The standard InChI is InChI=1S/C10F18O/c11-1(3(13,14)4(1,15)16)7(21,22)9(25,26)29-10(27,28)8(23,24)2(12)5(17,18)6(2,19)20. The van der Waals surface area contributed by atoms with Gasteiger partial charge in [-0.15, -0.1) is 0 Å². The van der Waals surface area contributed by atoms with Gasteiger partial charge in [-0.25, -0.2) is 13.5 Å². The molecule has 0 amide bonds. The van der Waals surface area contributed by atoms with Crippen molar-refractivity contribution in [1.29, 1.82) is 0 Å². The van der Waals surface area contributed by atoms with E-state index < -0.39 is 59.1 Å². The Morgan fingerprint density at radius 1 is 0.379 bits per heavy atom. The summed E-state index contributed by atoms with van der Waals surface area (Å²) in [5.41, 5.74) is -14.0. The quantitative estimate of drug-likeness (QED) is 0.462. The van der Waals surface area contributed by atoms with Gasteiger partial charge in [0.05, 0.1) is 0 Å². The maximum Gasteiger partial charge on any atom is 0.427 e. The van der Waals surface area contributed by atoms with E-state index in [4.69, 9.17) is 0 Å². The van der Waals surface area contributed by atoms with Crippen molar-refractivity contribution in [2.45, 2.75) is 59.1 Å². The van der Waals surface area contributed by atoms with E-state index in [2.05, 4.69) is 0 Å². The number of alkyl halides is 18. The molecule has 0 heterocycles. The molecule has 0 aromatic heterocycles. The van der Waals surface area contributed by atoms with E-state index in [1.54, 1.807) is 0 Å². The summed E-state index contributed by atoms with van der Waals surface area (Å²) in [5.74, 6) is -42.3. The molecule has 2 aliphatic rings. The molecule has 0 aliphatic heterocycles. The first kappa shape index (κ1) is 24.0. The molecule has 0 radical (unpaired) electrons. The fourth-order valence-corrected chi connectivity index (χ4v) is 2.25. The van der Waals surface area contributed by atoms with Gasteiger partial charge in [0.25, 0.3) is 0 Å². The second-order valence-corrected chi connectivity index (χ2v) is 5.90. The van der Waals surface area contributed by atoms with Gasteiger partial charge in [-0.3, -0.25) is 0 Å². The molecule has 0 atom stereocenters. The molecule has 0 unspecified atom stereocenters. The molecule has 0 bridgehead atoms. The molecule has 2 fully saturated rings. The van der Waals surface area contributed by atoms with Crippen LogP contribution in [0.5, 0.6) is 0 Å². The van der Waals surface area contributed by atoms with Crippen molar-refractivity contribution in [2.75, 3.05) is 0 Å². The zero-order valence-corrected chi connectivity index (χ0v) is 12.2. The summed E-state index contributed by atoms with van der Waals surface area (Å²) < 4.78 is 232. The molecule has 0 aromatic rings. The number of ether oxygens (including phenoxy) is 1. The maximum atomic E-state index is 13.1. The average molecular weight is 478 g/mol. The summed E-state index contributed by atoms with van der Waals surface area (Å²) in [6, 6.07) is 0. The van der Waals surface area contributed by atoms with Crippen LogP contribution in [0.25, 0.3) is 0 Å². The van der Waals surface area contributed by atoms with Gasteiger partial charge in [-0.05, 0) is 0 Å². The van der Waals surface area contributed by atoms with Gasteiger partial charge in [0, 0.05) is 0 Å². The summed E-state index contributed by atoms with van der Waals surface area (Å²) in [5, 5.41) is 0. The highest BCUT2D eigenvalue weighted by Crippen LogP contribution is 2.77. The third-order valence-corrected chi connectivity index (χ3v) is 4.25. The Bertz CT molecular complexity index is 632. The van der Waals surface area contributed by atoms with Crippen molar-refractivity contribution < 1.29 is 83.8 Å². The molecule has 29 heavy (non-hydrogen) atoms. The van der Waals surface area contributed by atoms with Crippen molar-refractivity contribution in [2.24, 2.45) is 0 Å². The Morgan fingerprint density at radius 3 is 0.690 bits per heavy atom. The monoisotopic (exact) mass is 478 g/mol. The van der Waals surface area contributed by atoms with Crippen LogP contribution in [0.1, 0.15) is 0 Å². The topological polar surface area (TPSA) is 9.23 Å². The fraction of sp³-hybridized carbons (Fsp3) is 1.00. The van der Waals surface area contributed by atoms with E-state index in [0.29, 0.717) is 0 Å². The first-order chi connectivity index (χ1) is 12.2. The molecular weight excluding hydrogens is 478 g/mol. The van der Waals surface area contributed by atoms with Gasteiger partial charge in [-0.2, -0.15) is 70.2 Å². The summed E-state index contributed by atoms with van der Waals surface area (Å²) in [6.45, 7) is 0. The van der Waals surface area contributed by atoms with E-state index in [1.165, 1.54) is 4.74 Å². The Kier molecular flexibility index (Phi) is 4.09. The van der Waals surface area contributed by atoms with Gasteiger partial charge in [0.2, 0.25) is 0 Å². The fourth-order valence-electron chi connectivity index (χ4n) is 2.25. The largest absolute Gasteiger partial charge is 0.427 e. The molecular formula is C10F18O. The third-order valence-electron chi connectivity index (χ3n) is 4.25. The summed E-state index contributed by atoms with van der Waals surface area (Å²) in [4.78, 5) is 0. The van der Waals surface area contributed by atoms with Gasteiger partial charge >= 0.3 is 59.1 Å². The Balaban J connectivity index is 2.44. The van der Waals surface area contributed by atoms with E-state index in [9.17, 15) is 79.0 Å². The normalized spacial score (nSPS) is 28.8. The van der Waals surface area contributed by atoms with Crippen molar-refractivity contribution >= 4 is 0 Å². The Hall–Kier alpha value is -1.30. The molecule has 2 saturated carbocycles. The number of hydrogen-bond donors (Lipinski definition) is 0. The minimum Gasteiger partial charge on any atom is -0.245 e. The van der Waals surface area contributed by atoms with Crippen LogP contribution in [-0.2, 0) is 4.74 Å². The first-order valence-electron chi connectivity index (χ1n) is 6.31. The zero-order chi connectivity index (χ0) is 23.7. The Morgan fingerprint density at radius 2 is 0.552 bits per heavy atom. The average Bonchev–Trinajstić information content (AvgIpc) is 2.99. The molecule has 172 valence electrons. The molecule has 1 nitrogen and oxygen atoms in total. The van der Waals surface area contributed by atoms with Crippen LogP contribution in [0.3, 0.4) is 0 Å². The summed E-state index contributed by atoms with van der Waals surface area (Å²) in [7, 11) is 0. The molecule has 0 N–H and O–H groups in total. The van der Waals surface area contributed by atoms with Crippen LogP contribution in [0.4, 0.5) is 79.0 Å². The summed E-state index contributed by atoms with van der Waals surface area (Å²) in [6.07, 6.45) is -15.6. The molecule has 2 aliphatic carbocycles. The van der Waals surface area contributed by atoms with Crippen LogP contribution in [0.15, 0.2) is 0 Å². The van der Waals surface area contributed by atoms with Crippen LogP contribution < -0.4 is 0 Å². The highest BCUT2D eigenvalue weighted by Gasteiger charge is 3.11. The zero-order valence-electron chi connectivity index (χ0n) is 12.2. The van der Waals surface area contributed by atoms with Gasteiger partial charge < -0.3 is 0 Å². The van der Waals surface area contributed by atoms with Gasteiger partial charge in [0.1, 0.15) is 0 Å². The van der Waals surface area contributed by atoms with Crippen molar-refractivity contribution in [3.8, 4) is 0 Å². The number of hydrogen-bond acceptors (Lipinski definition) is 1. The van der Waals surface area contributed by atoms with Crippen LogP contribution >= 0.6 is 0 Å². The lowest BCUT2D eigenvalue weighted by molar-refractivity contribution is -0.486. The van der Waals surface area contributed by atoms with Crippen LogP contribution in [-0.4, -0.2) is 59.1 Å². The van der Waals surface area contributed by atoms with Gasteiger partial charge in [-0.1, -0.05) is 0 Å². The van der Waals surface area contributed by atoms with Crippen molar-refractivity contribution in [3.05, 3.63) is 0 Å². The molecule has 2 rings (SSSR count). The van der Waals surface area contributed by atoms with Crippen molar-refractivity contribution in [3.63, 3.8) is 0 Å². The lowest BCUT2D eigenvalue weighted by Crippen LogP contribution is -2.62. The lowest BCUT2D eigenvalue weighted by Gasteiger charge is -2.34. The van der Waals surface area contributed by atoms with E-state index in [0.717, 1.165) is 0 Å². The van der Waals surface area contributed by atoms with Crippen LogP contribution in [0, 0.1) is 0 Å². The highest BCUT2D eigenvalue weighted by molar-refractivity contribution is 5.36. The second kappa shape index (κ2) is 4.95. The Labute approximate surface area is 144 Å². The van der Waals surface area contributed by atoms with Gasteiger partial charge in [0.15, 0.2) is 0 Å². The predicted octanol–water partition coefficient (Wildman–Crippen LogP) is 5.44. The number of rotatable bonds is 6. The highest BCUT2D eigenvalue weighted by atomic mass is 19.4. The van der Waals surface area contributed by atoms with E-state index in [-0.39, 0.29) is 0 Å². The van der Waals surface area contributed by atoms with Crippen LogP contribution in [0.2, 0.25) is 0 Å². The molecule has 0 saturated heterocycles. The molecule has 0 aromatic carbocycles. The molecule has 0 spiro atoms. The summed E-state index contributed by atoms with van der Waals surface area (Å²) >= 11 is 0. The minimum atomic E-state index is -7.81. The minimum absolute atomic E-state index is 1.28. The first-order valence-corrected chi connectivity index (χ1v) is 6.31. The third kappa shape index (κ3) is 1.98. The number of halogens is 18. The van der Waals surface area contributed by atoms with E-state index in [1.807, 2.05) is 0 Å².